The van der Waals surface area contributed by atoms with E-state index >= 15 is 0 Å². The molecule has 0 spiro atoms. The average molecular weight is 309 g/mol. The van der Waals surface area contributed by atoms with E-state index in [2.05, 4.69) is 20.8 Å². The maximum atomic E-state index is 12.0. The van der Waals surface area contributed by atoms with Crippen LogP contribution < -0.4 is 5.32 Å². The number of aromatic nitrogens is 4. The molecule has 1 N–H and O–H groups in total. The number of nitrogens with one attached hydrogen (secondary N) is 1. The minimum atomic E-state index is -0.568. The second kappa shape index (κ2) is 7.48. The Kier molecular flexibility index (Phi) is 5.38. The third kappa shape index (κ3) is 4.09. The van der Waals surface area contributed by atoms with E-state index in [1.54, 1.807) is 11.4 Å². The molecule has 0 aromatic carbocycles. The summed E-state index contributed by atoms with van der Waals surface area (Å²) in [5.41, 5.74) is 0.529. The maximum Gasteiger partial charge on any atom is 0.351 e. The molecule has 21 heavy (non-hydrogen) atoms. The fraction of sp³-hybridized carbons (Fsp3) is 0.417. The zero-order chi connectivity index (χ0) is 15.1. The fourth-order valence-corrected chi connectivity index (χ4v) is 2.33. The van der Waals surface area contributed by atoms with Gasteiger partial charge in [0.1, 0.15) is 11.2 Å². The van der Waals surface area contributed by atoms with Gasteiger partial charge in [-0.1, -0.05) is 13.3 Å². The van der Waals surface area contributed by atoms with Gasteiger partial charge in [-0.2, -0.15) is 4.68 Å². The van der Waals surface area contributed by atoms with Crippen molar-refractivity contribution < 1.29 is 14.3 Å². The molecule has 0 saturated heterocycles. The summed E-state index contributed by atoms with van der Waals surface area (Å²) in [6.07, 6.45) is 3.27. The lowest BCUT2D eigenvalue weighted by Crippen LogP contribution is -2.29. The van der Waals surface area contributed by atoms with Gasteiger partial charge in [-0.25, -0.2) is 4.79 Å². The molecule has 0 saturated carbocycles. The number of hydrogen-bond donors (Lipinski definition) is 1. The summed E-state index contributed by atoms with van der Waals surface area (Å²) in [6.45, 7) is 2.32. The molecule has 0 aliphatic heterocycles. The topological polar surface area (TPSA) is 99.0 Å². The van der Waals surface area contributed by atoms with Crippen molar-refractivity contribution in [1.82, 2.24) is 25.5 Å². The van der Waals surface area contributed by atoms with Crippen molar-refractivity contribution >= 4 is 23.2 Å². The summed E-state index contributed by atoms with van der Waals surface area (Å²) in [6, 6.07) is 1.71. The van der Waals surface area contributed by atoms with Gasteiger partial charge in [0.25, 0.3) is 5.91 Å². The summed E-state index contributed by atoms with van der Waals surface area (Å²) in [4.78, 5) is 23.8. The number of carbonyl (C=O) groups is 2. The number of ether oxygens (including phenoxy) is 1. The Morgan fingerprint density at radius 2 is 2.33 bits per heavy atom. The summed E-state index contributed by atoms with van der Waals surface area (Å²) in [7, 11) is 0. The van der Waals surface area contributed by atoms with Crippen LogP contribution in [0.15, 0.2) is 17.8 Å². The molecule has 0 unspecified atom stereocenters. The van der Waals surface area contributed by atoms with Crippen molar-refractivity contribution in [2.45, 2.75) is 19.8 Å². The molecular weight excluding hydrogens is 294 g/mol. The standard InChI is InChI=1S/C12H15N5O3S/c1-2-3-5-13-10(18)7-20-12(19)11-9(4-6-21-11)17-8-14-15-16-17/h4,6,8H,2-3,5,7H2,1H3,(H,13,18). The third-order valence-electron chi connectivity index (χ3n) is 2.61. The lowest BCUT2D eigenvalue weighted by atomic mass is 10.3. The van der Waals surface area contributed by atoms with E-state index in [9.17, 15) is 9.59 Å². The lowest BCUT2D eigenvalue weighted by Gasteiger charge is -2.06. The van der Waals surface area contributed by atoms with Gasteiger partial charge >= 0.3 is 5.97 Å². The molecule has 2 aromatic heterocycles. The van der Waals surface area contributed by atoms with Gasteiger partial charge in [-0.05, 0) is 28.3 Å². The third-order valence-corrected chi connectivity index (χ3v) is 3.50. The predicted molar refractivity (Wildman–Crippen MR) is 75.2 cm³/mol. The Labute approximate surface area is 125 Å². The zero-order valence-electron chi connectivity index (χ0n) is 11.5. The molecule has 0 atom stereocenters. The van der Waals surface area contributed by atoms with Crippen LogP contribution in [-0.4, -0.2) is 45.2 Å². The second-order valence-corrected chi connectivity index (χ2v) is 5.09. The number of tetrazole rings is 1. The smallest absolute Gasteiger partial charge is 0.351 e. The van der Waals surface area contributed by atoms with Crippen LogP contribution in [0.3, 0.4) is 0 Å². The van der Waals surface area contributed by atoms with Crippen LogP contribution in [0.4, 0.5) is 0 Å². The first kappa shape index (κ1) is 15.1. The number of hydrogen-bond acceptors (Lipinski definition) is 7. The summed E-state index contributed by atoms with van der Waals surface area (Å²) >= 11 is 1.21. The monoisotopic (exact) mass is 309 g/mol. The molecule has 1 amide bonds. The Balaban J connectivity index is 1.90. The highest BCUT2D eigenvalue weighted by atomic mass is 32.1. The first-order chi connectivity index (χ1) is 10.2. The van der Waals surface area contributed by atoms with Gasteiger partial charge in [0.05, 0.1) is 5.69 Å². The number of nitrogens with zero attached hydrogens (tertiary/aromatic N) is 4. The van der Waals surface area contributed by atoms with E-state index in [4.69, 9.17) is 4.74 Å². The lowest BCUT2D eigenvalue weighted by molar-refractivity contribution is -0.124. The molecular formula is C12H15N5O3S. The van der Waals surface area contributed by atoms with Gasteiger partial charge in [-0.15, -0.1) is 16.4 Å². The van der Waals surface area contributed by atoms with E-state index in [1.807, 2.05) is 6.92 Å². The van der Waals surface area contributed by atoms with Gasteiger partial charge in [0, 0.05) is 6.54 Å². The highest BCUT2D eigenvalue weighted by Crippen LogP contribution is 2.20. The van der Waals surface area contributed by atoms with Crippen LogP contribution in [0.1, 0.15) is 29.4 Å². The molecule has 2 aromatic rings. The van der Waals surface area contributed by atoms with Gasteiger partial charge < -0.3 is 10.1 Å². The van der Waals surface area contributed by atoms with Gasteiger partial charge in [0.2, 0.25) is 0 Å². The Morgan fingerprint density at radius 3 is 3.05 bits per heavy atom. The first-order valence-electron chi connectivity index (χ1n) is 6.47. The number of esters is 1. The number of rotatable bonds is 7. The SMILES string of the molecule is CCCCNC(=O)COC(=O)c1sccc1-n1cnnn1. The summed E-state index contributed by atoms with van der Waals surface area (Å²) < 4.78 is 6.36. The number of amides is 1. The minimum Gasteiger partial charge on any atom is -0.451 e. The van der Waals surface area contributed by atoms with Crippen LogP contribution in [-0.2, 0) is 9.53 Å². The molecule has 9 heteroatoms. The highest BCUT2D eigenvalue weighted by molar-refractivity contribution is 7.12. The Bertz CT molecular complexity index is 596. The number of thiophene rings is 1. The minimum absolute atomic E-state index is 0.296. The van der Waals surface area contributed by atoms with Gasteiger partial charge in [-0.3, -0.25) is 4.79 Å². The maximum absolute atomic E-state index is 12.0. The molecule has 0 aliphatic rings. The van der Waals surface area contributed by atoms with E-state index in [1.165, 1.54) is 22.3 Å². The normalized spacial score (nSPS) is 10.3. The van der Waals surface area contributed by atoms with Crippen molar-refractivity contribution in [3.05, 3.63) is 22.7 Å². The molecule has 8 nitrogen and oxygen atoms in total. The Morgan fingerprint density at radius 1 is 1.48 bits per heavy atom. The fourth-order valence-electron chi connectivity index (χ4n) is 1.56. The number of unbranched alkanes of at least 4 members (excludes halogenated alkanes) is 1. The van der Waals surface area contributed by atoms with E-state index < -0.39 is 5.97 Å². The van der Waals surface area contributed by atoms with Crippen molar-refractivity contribution in [3.8, 4) is 5.69 Å². The van der Waals surface area contributed by atoms with Crippen molar-refractivity contribution in [3.63, 3.8) is 0 Å². The molecule has 2 heterocycles. The molecule has 0 bridgehead atoms. The molecule has 0 fully saturated rings. The molecule has 112 valence electrons. The van der Waals surface area contributed by atoms with Crippen LogP contribution in [0.25, 0.3) is 5.69 Å². The number of carbonyl (C=O) groups excluding carboxylic acids is 2. The molecule has 0 radical (unpaired) electrons. The Hall–Kier alpha value is -2.29. The second-order valence-electron chi connectivity index (χ2n) is 4.17. The van der Waals surface area contributed by atoms with Gasteiger partial charge in [0.15, 0.2) is 6.61 Å². The van der Waals surface area contributed by atoms with Crippen LogP contribution in [0.2, 0.25) is 0 Å². The summed E-state index contributed by atoms with van der Waals surface area (Å²) in [5, 5.41) is 15.2. The largest absolute Gasteiger partial charge is 0.451 e. The summed E-state index contributed by atoms with van der Waals surface area (Å²) in [5.74, 6) is -0.876. The highest BCUT2D eigenvalue weighted by Gasteiger charge is 2.18. The van der Waals surface area contributed by atoms with E-state index in [0.29, 0.717) is 17.1 Å². The van der Waals surface area contributed by atoms with Crippen LogP contribution in [0, 0.1) is 0 Å². The van der Waals surface area contributed by atoms with E-state index in [-0.39, 0.29) is 12.5 Å². The van der Waals surface area contributed by atoms with E-state index in [0.717, 1.165) is 12.8 Å². The zero-order valence-corrected chi connectivity index (χ0v) is 12.3. The van der Waals surface area contributed by atoms with Crippen molar-refractivity contribution in [2.75, 3.05) is 13.2 Å². The predicted octanol–water partition coefficient (Wildman–Crippen LogP) is 0.797. The van der Waals surface area contributed by atoms with Crippen molar-refractivity contribution in [2.24, 2.45) is 0 Å². The quantitative estimate of drug-likeness (QED) is 0.600. The van der Waals surface area contributed by atoms with Crippen molar-refractivity contribution in [1.29, 1.82) is 0 Å². The molecule has 0 aliphatic carbocycles. The molecule has 2 rings (SSSR count). The van der Waals surface area contributed by atoms with Crippen LogP contribution in [0.5, 0.6) is 0 Å². The average Bonchev–Trinajstić information content (AvgIpc) is 3.14. The first-order valence-corrected chi connectivity index (χ1v) is 7.35. The van der Waals surface area contributed by atoms with Crippen LogP contribution >= 0.6 is 11.3 Å².